The van der Waals surface area contributed by atoms with Crippen LogP contribution in [0.15, 0.2) is 42.5 Å². The monoisotopic (exact) mass is 407 g/mol. The van der Waals surface area contributed by atoms with Gasteiger partial charge in [-0.3, -0.25) is 4.79 Å². The van der Waals surface area contributed by atoms with Gasteiger partial charge in [-0.1, -0.05) is 35.3 Å². The Bertz CT molecular complexity index is 880. The van der Waals surface area contributed by atoms with Crippen molar-refractivity contribution in [1.29, 1.82) is 0 Å². The van der Waals surface area contributed by atoms with E-state index in [0.717, 1.165) is 5.56 Å². The van der Waals surface area contributed by atoms with Crippen LogP contribution in [0.5, 0.6) is 11.5 Å². The van der Waals surface area contributed by atoms with Crippen LogP contribution in [0.25, 0.3) is 6.08 Å². The fraction of sp³-hybridized carbons (Fsp3) is 0.158. The molecule has 8 heteroatoms. The third-order valence-corrected chi connectivity index (χ3v) is 4.14. The number of hydrogen-bond acceptors (Lipinski definition) is 5. The molecule has 0 atom stereocenters. The standard InChI is InChI=1S/C19H15Cl2NO5/c20-14-4-1-12(2-5-14)9-22-17(23)10-25-18(24)6-3-13-7-15(21)19-16(8-13)26-11-27-19/h1-8H,9-11H2,(H,22,23)/b6-3+. The minimum absolute atomic E-state index is 0.107. The molecular formula is C19H15Cl2NO5. The summed E-state index contributed by atoms with van der Waals surface area (Å²) in [4.78, 5) is 23.5. The second-order valence-electron chi connectivity index (χ2n) is 5.58. The minimum Gasteiger partial charge on any atom is -0.454 e. The molecule has 0 unspecified atom stereocenters. The fourth-order valence-electron chi connectivity index (χ4n) is 2.29. The fourth-order valence-corrected chi connectivity index (χ4v) is 2.69. The van der Waals surface area contributed by atoms with E-state index in [1.54, 1.807) is 36.4 Å². The number of benzene rings is 2. The highest BCUT2D eigenvalue weighted by Gasteiger charge is 2.17. The second-order valence-corrected chi connectivity index (χ2v) is 6.42. The van der Waals surface area contributed by atoms with Gasteiger partial charge in [-0.25, -0.2) is 4.79 Å². The maximum Gasteiger partial charge on any atom is 0.331 e. The predicted molar refractivity (Wildman–Crippen MR) is 101 cm³/mol. The molecule has 2 aromatic rings. The number of hydrogen-bond donors (Lipinski definition) is 1. The molecule has 6 nitrogen and oxygen atoms in total. The van der Waals surface area contributed by atoms with Gasteiger partial charge in [0.15, 0.2) is 18.1 Å². The summed E-state index contributed by atoms with van der Waals surface area (Å²) in [5, 5.41) is 3.66. The average Bonchev–Trinajstić information content (AvgIpc) is 3.13. The lowest BCUT2D eigenvalue weighted by atomic mass is 10.2. The number of ether oxygens (including phenoxy) is 3. The van der Waals surface area contributed by atoms with Crippen molar-refractivity contribution in [1.82, 2.24) is 5.32 Å². The molecule has 0 saturated heterocycles. The van der Waals surface area contributed by atoms with E-state index in [1.807, 2.05) is 0 Å². The van der Waals surface area contributed by atoms with Crippen molar-refractivity contribution in [3.05, 3.63) is 63.6 Å². The van der Waals surface area contributed by atoms with Gasteiger partial charge in [0.2, 0.25) is 6.79 Å². The first-order chi connectivity index (χ1) is 13.0. The van der Waals surface area contributed by atoms with E-state index in [4.69, 9.17) is 37.4 Å². The highest BCUT2D eigenvalue weighted by atomic mass is 35.5. The molecule has 0 bridgehead atoms. The van der Waals surface area contributed by atoms with Gasteiger partial charge in [-0.2, -0.15) is 0 Å². The van der Waals surface area contributed by atoms with Crippen LogP contribution >= 0.6 is 23.2 Å². The Labute approximate surface area is 165 Å². The number of fused-ring (bicyclic) bond motifs is 1. The normalized spacial score (nSPS) is 12.2. The molecule has 3 rings (SSSR count). The summed E-state index contributed by atoms with van der Waals surface area (Å²) >= 11 is 11.9. The van der Waals surface area contributed by atoms with E-state index in [2.05, 4.69) is 5.32 Å². The van der Waals surface area contributed by atoms with Crippen molar-refractivity contribution >= 4 is 41.2 Å². The lowest BCUT2D eigenvalue weighted by molar-refractivity contribution is -0.143. The van der Waals surface area contributed by atoms with Crippen molar-refractivity contribution < 1.29 is 23.8 Å². The van der Waals surface area contributed by atoms with Gasteiger partial charge in [-0.05, 0) is 41.5 Å². The van der Waals surface area contributed by atoms with E-state index in [0.29, 0.717) is 33.7 Å². The smallest absolute Gasteiger partial charge is 0.331 e. The molecular weight excluding hydrogens is 393 g/mol. The zero-order valence-corrected chi connectivity index (χ0v) is 15.5. The van der Waals surface area contributed by atoms with Crippen LogP contribution in [-0.2, 0) is 20.9 Å². The third kappa shape index (κ3) is 5.39. The topological polar surface area (TPSA) is 73.9 Å². The second kappa shape index (κ2) is 8.79. The quantitative estimate of drug-likeness (QED) is 0.584. The Morgan fingerprint density at radius 1 is 1.15 bits per heavy atom. The summed E-state index contributed by atoms with van der Waals surface area (Å²) in [5.74, 6) is -0.0610. The zero-order chi connectivity index (χ0) is 19.2. The molecule has 1 aliphatic rings. The van der Waals surface area contributed by atoms with Crippen molar-refractivity contribution in [3.8, 4) is 11.5 Å². The first kappa shape index (κ1) is 19.1. The van der Waals surface area contributed by atoms with Gasteiger partial charge in [0, 0.05) is 17.6 Å². The number of rotatable bonds is 6. The molecule has 0 aromatic heterocycles. The number of carbonyl (C=O) groups excluding carboxylic acids is 2. The molecule has 1 amide bonds. The Morgan fingerprint density at radius 2 is 1.93 bits per heavy atom. The molecule has 1 aliphatic heterocycles. The SMILES string of the molecule is O=C(COC(=O)/C=C/c1cc(Cl)c2c(c1)OCO2)NCc1ccc(Cl)cc1. The maximum atomic E-state index is 11.8. The lowest BCUT2D eigenvalue weighted by Crippen LogP contribution is -2.28. The number of nitrogens with one attached hydrogen (secondary N) is 1. The summed E-state index contributed by atoms with van der Waals surface area (Å²) in [7, 11) is 0. The minimum atomic E-state index is -0.648. The Kier molecular flexibility index (Phi) is 6.21. The summed E-state index contributed by atoms with van der Waals surface area (Å²) < 4.78 is 15.4. The lowest BCUT2D eigenvalue weighted by Gasteiger charge is -2.06. The van der Waals surface area contributed by atoms with Crippen LogP contribution in [0.4, 0.5) is 0 Å². The Balaban J connectivity index is 1.45. The zero-order valence-electron chi connectivity index (χ0n) is 14.0. The van der Waals surface area contributed by atoms with Crippen LogP contribution < -0.4 is 14.8 Å². The predicted octanol–water partition coefficient (Wildman–Crippen LogP) is 3.59. The first-order valence-corrected chi connectivity index (χ1v) is 8.72. The molecule has 0 fully saturated rings. The largest absolute Gasteiger partial charge is 0.454 e. The summed E-state index contributed by atoms with van der Waals surface area (Å²) in [6, 6.07) is 10.4. The van der Waals surface area contributed by atoms with Gasteiger partial charge in [0.05, 0.1) is 5.02 Å². The number of carbonyl (C=O) groups is 2. The maximum absolute atomic E-state index is 11.8. The molecule has 1 heterocycles. The van der Waals surface area contributed by atoms with Gasteiger partial charge >= 0.3 is 5.97 Å². The first-order valence-electron chi connectivity index (χ1n) is 7.96. The Hall–Kier alpha value is -2.70. The van der Waals surface area contributed by atoms with Crippen LogP contribution in [0, 0.1) is 0 Å². The van der Waals surface area contributed by atoms with Crippen LogP contribution in [0.1, 0.15) is 11.1 Å². The van der Waals surface area contributed by atoms with Crippen LogP contribution in [0.2, 0.25) is 10.0 Å². The van der Waals surface area contributed by atoms with Crippen LogP contribution in [-0.4, -0.2) is 25.3 Å². The molecule has 0 aliphatic carbocycles. The van der Waals surface area contributed by atoms with Gasteiger partial charge in [-0.15, -0.1) is 0 Å². The Morgan fingerprint density at radius 3 is 2.70 bits per heavy atom. The van der Waals surface area contributed by atoms with E-state index < -0.39 is 11.9 Å². The average molecular weight is 408 g/mol. The molecule has 0 saturated carbocycles. The van der Waals surface area contributed by atoms with E-state index in [-0.39, 0.29) is 13.4 Å². The number of halogens is 2. The molecule has 0 radical (unpaired) electrons. The van der Waals surface area contributed by atoms with E-state index >= 15 is 0 Å². The third-order valence-electron chi connectivity index (χ3n) is 3.61. The van der Waals surface area contributed by atoms with Gasteiger partial charge < -0.3 is 19.5 Å². The summed E-state index contributed by atoms with van der Waals surface area (Å²) in [6.07, 6.45) is 2.72. The molecule has 1 N–H and O–H groups in total. The number of amides is 1. The number of esters is 1. The van der Waals surface area contributed by atoms with Crippen molar-refractivity contribution in [3.63, 3.8) is 0 Å². The highest BCUT2D eigenvalue weighted by molar-refractivity contribution is 6.32. The van der Waals surface area contributed by atoms with E-state index in [9.17, 15) is 9.59 Å². The molecule has 2 aromatic carbocycles. The van der Waals surface area contributed by atoms with Crippen molar-refractivity contribution in [2.75, 3.05) is 13.4 Å². The summed E-state index contributed by atoms with van der Waals surface area (Å²) in [5.41, 5.74) is 1.53. The molecule has 0 spiro atoms. The van der Waals surface area contributed by atoms with Crippen molar-refractivity contribution in [2.45, 2.75) is 6.54 Å². The van der Waals surface area contributed by atoms with Crippen LogP contribution in [0.3, 0.4) is 0 Å². The van der Waals surface area contributed by atoms with Crippen molar-refractivity contribution in [2.24, 2.45) is 0 Å². The summed E-state index contributed by atoms with van der Waals surface area (Å²) in [6.45, 7) is 0.0488. The molecule has 27 heavy (non-hydrogen) atoms. The molecule has 140 valence electrons. The highest BCUT2D eigenvalue weighted by Crippen LogP contribution is 2.40. The van der Waals surface area contributed by atoms with Gasteiger partial charge in [0.1, 0.15) is 0 Å². The van der Waals surface area contributed by atoms with Gasteiger partial charge in [0.25, 0.3) is 5.91 Å². The van der Waals surface area contributed by atoms with E-state index in [1.165, 1.54) is 12.2 Å².